The Labute approximate surface area is 168 Å². The minimum absolute atomic E-state index is 0.0384. The quantitative estimate of drug-likeness (QED) is 0.662. The van der Waals surface area contributed by atoms with Gasteiger partial charge in [0.1, 0.15) is 5.92 Å². The lowest BCUT2D eigenvalue weighted by Crippen LogP contribution is -2.35. The van der Waals surface area contributed by atoms with Crippen LogP contribution in [0, 0.1) is 28.6 Å². The van der Waals surface area contributed by atoms with E-state index >= 15 is 0 Å². The van der Waals surface area contributed by atoms with Gasteiger partial charge in [0.25, 0.3) is 0 Å². The van der Waals surface area contributed by atoms with Gasteiger partial charge in [-0.05, 0) is 36.1 Å². The number of aliphatic imine (C=N–C) groups is 1. The van der Waals surface area contributed by atoms with E-state index in [0.717, 1.165) is 5.70 Å². The third-order valence-corrected chi connectivity index (χ3v) is 6.32. The van der Waals surface area contributed by atoms with Crippen LogP contribution in [0.3, 0.4) is 0 Å². The van der Waals surface area contributed by atoms with Crippen LogP contribution in [-0.4, -0.2) is 22.4 Å². The number of hydrogen-bond acceptors (Lipinski definition) is 5. The number of ketones is 2. The first kappa shape index (κ1) is 19.9. The highest BCUT2D eigenvalue weighted by molar-refractivity contribution is 8.14. The topological polar surface area (TPSA) is 70.3 Å². The average Bonchev–Trinajstić information content (AvgIpc) is 2.58. The first-order chi connectivity index (χ1) is 12.7. The molecule has 0 radical (unpaired) electrons. The second kappa shape index (κ2) is 7.61. The molecule has 1 unspecified atom stereocenters. The summed E-state index contributed by atoms with van der Waals surface area (Å²) in [7, 11) is 0. The van der Waals surface area contributed by atoms with E-state index in [2.05, 4.69) is 24.9 Å². The molecule has 140 valence electrons. The summed E-state index contributed by atoms with van der Waals surface area (Å²) in [6.45, 7) is 6.03. The third kappa shape index (κ3) is 4.17. The minimum atomic E-state index is -0.489. The van der Waals surface area contributed by atoms with Crippen molar-refractivity contribution in [2.45, 2.75) is 33.6 Å². The second-order valence-corrected chi connectivity index (χ2v) is 9.30. The maximum atomic E-state index is 12.6. The number of rotatable bonds is 3. The van der Waals surface area contributed by atoms with Gasteiger partial charge in [-0.3, -0.25) is 9.59 Å². The van der Waals surface area contributed by atoms with E-state index < -0.39 is 5.92 Å². The Morgan fingerprint density at radius 2 is 2.00 bits per heavy atom. The molecule has 0 spiro atoms. The molecule has 0 N–H and O–H groups in total. The Morgan fingerprint density at radius 3 is 2.63 bits per heavy atom. The number of nitrogens with zero attached hydrogens (tertiary/aromatic N) is 2. The van der Waals surface area contributed by atoms with Gasteiger partial charge in [-0.1, -0.05) is 32.4 Å². The van der Waals surface area contributed by atoms with Crippen molar-refractivity contribution in [2.75, 3.05) is 5.75 Å². The van der Waals surface area contributed by atoms with Crippen LogP contribution in [-0.2, 0) is 4.79 Å². The Hall–Kier alpha value is -1.90. The number of halogens is 1. The van der Waals surface area contributed by atoms with Gasteiger partial charge in [0, 0.05) is 34.2 Å². The predicted molar refractivity (Wildman–Crippen MR) is 109 cm³/mol. The fourth-order valence-electron chi connectivity index (χ4n) is 3.65. The van der Waals surface area contributed by atoms with Crippen molar-refractivity contribution in [1.82, 2.24) is 0 Å². The third-order valence-electron chi connectivity index (χ3n) is 5.02. The lowest BCUT2D eigenvalue weighted by molar-refractivity contribution is -0.118. The van der Waals surface area contributed by atoms with Crippen LogP contribution >= 0.6 is 23.4 Å². The van der Waals surface area contributed by atoms with Crippen LogP contribution in [0.1, 0.15) is 44.0 Å². The van der Waals surface area contributed by atoms with Crippen LogP contribution in [0.5, 0.6) is 0 Å². The van der Waals surface area contributed by atoms with Crippen LogP contribution in [0.2, 0.25) is 5.02 Å². The van der Waals surface area contributed by atoms with Crippen molar-refractivity contribution < 1.29 is 9.59 Å². The zero-order chi connectivity index (χ0) is 19.8. The molecule has 0 amide bonds. The van der Waals surface area contributed by atoms with Crippen molar-refractivity contribution in [3.8, 4) is 6.07 Å². The molecule has 4 nitrogen and oxygen atoms in total. The summed E-state index contributed by atoms with van der Waals surface area (Å²) in [5, 5.41) is 10.9. The number of nitriles is 1. The number of allylic oxidation sites excluding steroid dienone is 2. The second-order valence-electron chi connectivity index (χ2n) is 7.87. The zero-order valence-corrected chi connectivity index (χ0v) is 17.2. The summed E-state index contributed by atoms with van der Waals surface area (Å²) >= 11 is 7.16. The summed E-state index contributed by atoms with van der Waals surface area (Å²) in [5.74, 6) is -0.426. The zero-order valence-electron chi connectivity index (χ0n) is 15.6. The highest BCUT2D eigenvalue weighted by atomic mass is 35.5. The van der Waals surface area contributed by atoms with Gasteiger partial charge in [0.2, 0.25) is 0 Å². The summed E-state index contributed by atoms with van der Waals surface area (Å²) in [5.41, 5.74) is 1.94. The van der Waals surface area contributed by atoms with Crippen LogP contribution in [0.25, 0.3) is 0 Å². The summed E-state index contributed by atoms with van der Waals surface area (Å²) in [6.07, 6.45) is 1.20. The molecule has 0 saturated heterocycles. The maximum Gasteiger partial charge on any atom is 0.173 e. The van der Waals surface area contributed by atoms with Crippen molar-refractivity contribution in [3.63, 3.8) is 0 Å². The highest BCUT2D eigenvalue weighted by Gasteiger charge is 2.41. The molecule has 0 fully saturated rings. The molecular formula is C21H21ClN2O2S. The Kier molecular flexibility index (Phi) is 5.60. The molecule has 6 heteroatoms. The van der Waals surface area contributed by atoms with Gasteiger partial charge >= 0.3 is 0 Å². The molecule has 2 aliphatic rings. The Morgan fingerprint density at radius 1 is 1.33 bits per heavy atom. The van der Waals surface area contributed by atoms with Crippen molar-refractivity contribution in [3.05, 3.63) is 46.1 Å². The van der Waals surface area contributed by atoms with Crippen LogP contribution in [0.4, 0.5) is 0 Å². The normalized spacial score (nSPS) is 24.1. The largest absolute Gasteiger partial charge is 0.294 e. The molecule has 3 rings (SSSR count). The molecule has 2 atom stereocenters. The number of benzene rings is 1. The molecule has 1 aromatic rings. The first-order valence-electron chi connectivity index (χ1n) is 8.88. The molecule has 0 saturated carbocycles. The molecule has 1 aliphatic carbocycles. The molecule has 1 aromatic carbocycles. The lowest BCUT2D eigenvalue weighted by Gasteiger charge is -2.36. The number of Topliss-reactive ketones (excluding diaryl/α,β-unsaturated/α-hetero) is 2. The van der Waals surface area contributed by atoms with E-state index in [9.17, 15) is 14.9 Å². The fourth-order valence-corrected chi connectivity index (χ4v) is 4.83. The Balaban J connectivity index is 1.83. The predicted octanol–water partition coefficient (Wildman–Crippen LogP) is 5.09. The van der Waals surface area contributed by atoms with Gasteiger partial charge in [0.05, 0.1) is 16.9 Å². The van der Waals surface area contributed by atoms with Gasteiger partial charge in [0.15, 0.2) is 11.6 Å². The first-order valence-corrected chi connectivity index (χ1v) is 10.2. The van der Waals surface area contributed by atoms with Crippen molar-refractivity contribution >= 4 is 40.0 Å². The Bertz CT molecular complexity index is 894. The smallest absolute Gasteiger partial charge is 0.173 e. The van der Waals surface area contributed by atoms with E-state index in [0.29, 0.717) is 34.0 Å². The maximum absolute atomic E-state index is 12.6. The highest BCUT2D eigenvalue weighted by Crippen LogP contribution is 2.44. The van der Waals surface area contributed by atoms with Gasteiger partial charge in [-0.2, -0.15) is 5.26 Å². The van der Waals surface area contributed by atoms with E-state index in [1.165, 1.54) is 11.8 Å². The van der Waals surface area contributed by atoms with E-state index in [1.54, 1.807) is 24.3 Å². The van der Waals surface area contributed by atoms with Crippen LogP contribution in [0.15, 0.2) is 40.5 Å². The molecule has 1 heterocycles. The average molecular weight is 401 g/mol. The number of carbonyl (C=O) groups is 2. The SMILES string of the molecule is C[C@H]1C2=C(CC(C)(C)CC2=O)N=C(SCC(=O)c2ccc(Cl)cc2)C1C#N. The standard InChI is InChI=1S/C21H21ClN2O2S/c1-12-15(10-23)20(24-16-8-21(2,3)9-17(25)19(12)16)27-11-18(26)13-4-6-14(22)7-5-13/h4-7,12,15H,8-9,11H2,1-3H3/t12-,15?/m1/s1. The van der Waals surface area contributed by atoms with Crippen LogP contribution < -0.4 is 0 Å². The van der Waals surface area contributed by atoms with E-state index in [1.807, 2.05) is 6.92 Å². The number of hydrogen-bond donors (Lipinski definition) is 0. The van der Waals surface area contributed by atoms with Crippen molar-refractivity contribution in [2.24, 2.45) is 22.2 Å². The lowest BCUT2D eigenvalue weighted by atomic mass is 9.70. The molecule has 0 aromatic heterocycles. The molecule has 27 heavy (non-hydrogen) atoms. The minimum Gasteiger partial charge on any atom is -0.294 e. The summed E-state index contributed by atoms with van der Waals surface area (Å²) < 4.78 is 0. The molecular weight excluding hydrogens is 380 g/mol. The number of thioether (sulfide) groups is 1. The number of carbonyl (C=O) groups excluding carboxylic acids is 2. The summed E-state index contributed by atoms with van der Waals surface area (Å²) in [4.78, 5) is 29.7. The van der Waals surface area contributed by atoms with E-state index in [-0.39, 0.29) is 28.7 Å². The van der Waals surface area contributed by atoms with E-state index in [4.69, 9.17) is 11.6 Å². The monoisotopic (exact) mass is 400 g/mol. The summed E-state index contributed by atoms with van der Waals surface area (Å²) in [6, 6.07) is 9.04. The fraction of sp³-hybridized carbons (Fsp3) is 0.429. The van der Waals surface area contributed by atoms with Crippen molar-refractivity contribution in [1.29, 1.82) is 5.26 Å². The van der Waals surface area contributed by atoms with Gasteiger partial charge < -0.3 is 0 Å². The molecule has 1 aliphatic heterocycles. The molecule has 0 bridgehead atoms. The van der Waals surface area contributed by atoms with Gasteiger partial charge in [-0.25, -0.2) is 4.99 Å². The van der Waals surface area contributed by atoms with Gasteiger partial charge in [-0.15, -0.1) is 11.8 Å².